The molecule has 0 aromatic heterocycles. The molecule has 2 atom stereocenters. The van der Waals surface area contributed by atoms with Crippen LogP contribution in [0.2, 0.25) is 0 Å². The highest BCUT2D eigenvalue weighted by Gasteiger charge is 2.37. The van der Waals surface area contributed by atoms with Gasteiger partial charge in [-0.25, -0.2) is 4.79 Å². The first-order valence-electron chi connectivity index (χ1n) is 5.64. The zero-order valence-corrected chi connectivity index (χ0v) is 10.1. The van der Waals surface area contributed by atoms with E-state index in [4.69, 9.17) is 14.2 Å². The van der Waals surface area contributed by atoms with Crippen LogP contribution in [0.25, 0.3) is 6.08 Å². The molecule has 0 saturated carbocycles. The highest BCUT2D eigenvalue weighted by atomic mass is 16.6. The Morgan fingerprint density at radius 1 is 1.22 bits per heavy atom. The molecule has 94 valence electrons. The molecule has 1 aromatic rings. The second-order valence-electron chi connectivity index (χ2n) is 4.19. The minimum Gasteiger partial charge on any atom is -0.493 e. The molecule has 18 heavy (non-hydrogen) atoms. The molecule has 1 saturated heterocycles. The minimum atomic E-state index is -0.391. The van der Waals surface area contributed by atoms with Gasteiger partial charge in [0.2, 0.25) is 0 Å². The summed E-state index contributed by atoms with van der Waals surface area (Å²) >= 11 is 0. The van der Waals surface area contributed by atoms with Crippen LogP contribution in [0.4, 0.5) is 4.79 Å². The molecule has 1 aromatic carbocycles. The number of fused-ring (bicyclic) bond motifs is 3. The first kappa shape index (κ1) is 11.0. The van der Waals surface area contributed by atoms with Gasteiger partial charge in [-0.1, -0.05) is 12.2 Å². The summed E-state index contributed by atoms with van der Waals surface area (Å²) in [5.74, 6) is 1.30. The summed E-state index contributed by atoms with van der Waals surface area (Å²) < 4.78 is 15.8. The quantitative estimate of drug-likeness (QED) is 0.867. The Morgan fingerprint density at radius 2 is 1.94 bits per heavy atom. The number of carbonyl (C=O) groups excluding carboxylic acids is 1. The number of carbonyl (C=O) groups is 1. The maximum absolute atomic E-state index is 11.3. The monoisotopic (exact) mass is 247 g/mol. The molecule has 0 unspecified atom stereocenters. The Labute approximate surface area is 104 Å². The molecular weight excluding hydrogens is 234 g/mol. The largest absolute Gasteiger partial charge is 0.493 e. The molecule has 1 aliphatic heterocycles. The summed E-state index contributed by atoms with van der Waals surface area (Å²) in [5, 5.41) is 2.74. The molecule has 1 heterocycles. The third-order valence-corrected chi connectivity index (χ3v) is 3.22. The molecule has 0 spiro atoms. The Balaban J connectivity index is 2.10. The van der Waals surface area contributed by atoms with E-state index in [2.05, 4.69) is 5.32 Å². The van der Waals surface area contributed by atoms with E-state index in [9.17, 15) is 4.79 Å². The number of ether oxygens (including phenoxy) is 3. The summed E-state index contributed by atoms with van der Waals surface area (Å²) in [5.41, 5.74) is 1.91. The molecule has 1 N–H and O–H groups in total. The van der Waals surface area contributed by atoms with Crippen LogP contribution in [0.1, 0.15) is 17.2 Å². The van der Waals surface area contributed by atoms with Crippen molar-refractivity contribution in [1.29, 1.82) is 0 Å². The second-order valence-corrected chi connectivity index (χ2v) is 4.19. The molecule has 2 aliphatic rings. The molecule has 1 amide bonds. The zero-order chi connectivity index (χ0) is 12.7. The van der Waals surface area contributed by atoms with Gasteiger partial charge in [0.05, 0.1) is 20.3 Å². The van der Waals surface area contributed by atoms with E-state index in [1.54, 1.807) is 14.2 Å². The van der Waals surface area contributed by atoms with Crippen molar-refractivity contribution in [3.63, 3.8) is 0 Å². The number of nitrogens with one attached hydrogen (secondary N) is 1. The second kappa shape index (κ2) is 3.94. The van der Waals surface area contributed by atoms with Gasteiger partial charge in [0.15, 0.2) is 17.6 Å². The Hall–Kier alpha value is -2.17. The zero-order valence-electron chi connectivity index (χ0n) is 10.1. The van der Waals surface area contributed by atoms with E-state index in [0.717, 1.165) is 11.1 Å². The smallest absolute Gasteiger partial charge is 0.408 e. The van der Waals surface area contributed by atoms with E-state index in [-0.39, 0.29) is 12.1 Å². The Bertz CT molecular complexity index is 538. The third-order valence-electron chi connectivity index (χ3n) is 3.22. The van der Waals surface area contributed by atoms with Crippen LogP contribution in [0.3, 0.4) is 0 Å². The number of hydrogen-bond acceptors (Lipinski definition) is 4. The molecule has 3 rings (SSSR count). The number of methoxy groups -OCH3 is 2. The van der Waals surface area contributed by atoms with Crippen LogP contribution in [-0.2, 0) is 4.74 Å². The van der Waals surface area contributed by atoms with Crippen molar-refractivity contribution in [3.05, 3.63) is 29.3 Å². The van der Waals surface area contributed by atoms with Crippen LogP contribution in [-0.4, -0.2) is 26.4 Å². The number of hydrogen-bond donors (Lipinski definition) is 1. The van der Waals surface area contributed by atoms with E-state index in [1.165, 1.54) is 0 Å². The van der Waals surface area contributed by atoms with Crippen molar-refractivity contribution in [2.45, 2.75) is 12.1 Å². The Morgan fingerprint density at radius 3 is 2.67 bits per heavy atom. The average Bonchev–Trinajstić information content (AvgIpc) is 2.77. The first-order valence-corrected chi connectivity index (χ1v) is 5.64. The third kappa shape index (κ3) is 1.51. The topological polar surface area (TPSA) is 56.8 Å². The van der Waals surface area contributed by atoms with E-state index < -0.39 is 6.09 Å². The summed E-state index contributed by atoms with van der Waals surface area (Å²) in [4.78, 5) is 11.3. The van der Waals surface area contributed by atoms with Gasteiger partial charge in [-0.15, -0.1) is 0 Å². The average molecular weight is 247 g/mol. The van der Waals surface area contributed by atoms with Gasteiger partial charge in [0, 0.05) is 5.56 Å². The number of benzene rings is 1. The van der Waals surface area contributed by atoms with Gasteiger partial charge in [0.25, 0.3) is 0 Å². The summed E-state index contributed by atoms with van der Waals surface area (Å²) in [6, 6.07) is 3.63. The van der Waals surface area contributed by atoms with E-state index in [1.807, 2.05) is 24.3 Å². The SMILES string of the molecule is COc1cc2c(cc1OC)[C@H]1OC(=O)N[C@H]1C=C2. The van der Waals surface area contributed by atoms with Gasteiger partial charge in [-0.3, -0.25) is 0 Å². The fourth-order valence-electron chi connectivity index (χ4n) is 2.35. The fourth-order valence-corrected chi connectivity index (χ4v) is 2.35. The molecule has 1 aliphatic carbocycles. The van der Waals surface area contributed by atoms with Crippen LogP contribution < -0.4 is 14.8 Å². The van der Waals surface area contributed by atoms with Crippen LogP contribution in [0.5, 0.6) is 11.5 Å². The van der Waals surface area contributed by atoms with Crippen molar-refractivity contribution < 1.29 is 19.0 Å². The lowest BCUT2D eigenvalue weighted by atomic mass is 9.91. The van der Waals surface area contributed by atoms with Crippen molar-refractivity contribution in [3.8, 4) is 11.5 Å². The van der Waals surface area contributed by atoms with Crippen molar-refractivity contribution >= 4 is 12.2 Å². The van der Waals surface area contributed by atoms with Gasteiger partial charge in [0.1, 0.15) is 0 Å². The maximum Gasteiger partial charge on any atom is 0.408 e. The van der Waals surface area contributed by atoms with Crippen molar-refractivity contribution in [2.24, 2.45) is 0 Å². The number of rotatable bonds is 2. The minimum absolute atomic E-state index is 0.108. The van der Waals surface area contributed by atoms with Gasteiger partial charge in [-0.05, 0) is 17.7 Å². The lowest BCUT2D eigenvalue weighted by Crippen LogP contribution is -2.27. The summed E-state index contributed by atoms with van der Waals surface area (Å²) in [7, 11) is 3.18. The highest BCUT2D eigenvalue weighted by molar-refractivity contribution is 5.74. The molecule has 5 nitrogen and oxygen atoms in total. The van der Waals surface area contributed by atoms with Crippen LogP contribution >= 0.6 is 0 Å². The maximum atomic E-state index is 11.3. The summed E-state index contributed by atoms with van der Waals surface area (Å²) in [6.07, 6.45) is 3.19. The Kier molecular flexibility index (Phi) is 2.40. The summed E-state index contributed by atoms with van der Waals surface area (Å²) in [6.45, 7) is 0. The normalized spacial score (nSPS) is 23.8. The fraction of sp³-hybridized carbons (Fsp3) is 0.308. The van der Waals surface area contributed by atoms with E-state index >= 15 is 0 Å². The first-order chi connectivity index (χ1) is 8.72. The predicted molar refractivity (Wildman–Crippen MR) is 64.7 cm³/mol. The van der Waals surface area contributed by atoms with Crippen LogP contribution in [0, 0.1) is 0 Å². The van der Waals surface area contributed by atoms with Crippen molar-refractivity contribution in [1.82, 2.24) is 5.32 Å². The van der Waals surface area contributed by atoms with Crippen molar-refractivity contribution in [2.75, 3.05) is 14.2 Å². The number of amides is 1. The number of alkyl carbamates (subject to hydrolysis) is 1. The van der Waals surface area contributed by atoms with Gasteiger partial charge in [-0.2, -0.15) is 0 Å². The molecule has 0 radical (unpaired) electrons. The lowest BCUT2D eigenvalue weighted by Gasteiger charge is -2.22. The standard InChI is InChI=1S/C13H13NO4/c1-16-10-5-7-3-4-9-12(18-13(15)14-9)8(7)6-11(10)17-2/h3-6,9,12H,1-2H3,(H,14,15)/t9-,12+/m0/s1. The molecule has 1 fully saturated rings. The molecular formula is C13H13NO4. The van der Waals surface area contributed by atoms with Gasteiger partial charge < -0.3 is 19.5 Å². The van der Waals surface area contributed by atoms with Crippen LogP contribution in [0.15, 0.2) is 18.2 Å². The molecule has 5 heteroatoms. The predicted octanol–water partition coefficient (Wildman–Crippen LogP) is 1.88. The van der Waals surface area contributed by atoms with E-state index in [0.29, 0.717) is 11.5 Å². The highest BCUT2D eigenvalue weighted by Crippen LogP contribution is 2.40. The molecule has 0 bridgehead atoms. The van der Waals surface area contributed by atoms with Gasteiger partial charge >= 0.3 is 6.09 Å². The lowest BCUT2D eigenvalue weighted by molar-refractivity contribution is 0.135.